The standard InChI is InChI=1S/4C14H22.C2H3F3.CH3Cl.CH3NO2/c4*1-13(2,3)11-9-7-8-10-12(11)14(4,5)6;1-2(3,4)5;1-2;1-2(3)4/h4*7-10H,1-6H3;1H3;1H3;1H3. The van der Waals surface area contributed by atoms with Gasteiger partial charge >= 0.3 is 6.18 Å². The Labute approximate surface area is 415 Å². The maximum atomic E-state index is 10.4. The van der Waals surface area contributed by atoms with E-state index in [1.165, 1.54) is 50.9 Å². The Morgan fingerprint density at radius 1 is 0.313 bits per heavy atom. The second-order valence-corrected chi connectivity index (χ2v) is 25.4. The molecule has 4 aromatic rings. The van der Waals surface area contributed by atoms with Crippen molar-refractivity contribution in [1.29, 1.82) is 0 Å². The highest BCUT2D eigenvalue weighted by Gasteiger charge is 2.27. The van der Waals surface area contributed by atoms with Crippen LogP contribution in [0.25, 0.3) is 0 Å². The van der Waals surface area contributed by atoms with Crippen LogP contribution < -0.4 is 0 Å². The molecule has 0 N–H and O–H groups in total. The summed E-state index contributed by atoms with van der Waals surface area (Å²) in [5, 5.41) is 8.81. The van der Waals surface area contributed by atoms with E-state index in [-0.39, 0.29) is 50.2 Å². The van der Waals surface area contributed by atoms with Gasteiger partial charge in [0.15, 0.2) is 7.05 Å². The van der Waals surface area contributed by atoms with E-state index in [1.54, 1.807) is 0 Å². The van der Waals surface area contributed by atoms with Crippen LogP contribution in [-0.4, -0.2) is 24.5 Å². The first kappa shape index (κ1) is 67.6. The first-order valence-corrected chi connectivity index (χ1v) is 24.3. The zero-order valence-corrected chi connectivity index (χ0v) is 48.3. The van der Waals surface area contributed by atoms with E-state index < -0.39 is 11.1 Å². The molecule has 0 saturated carbocycles. The number of alkyl halides is 4. The summed E-state index contributed by atoms with van der Waals surface area (Å²) in [7, 11) is 0.889. The van der Waals surface area contributed by atoms with Crippen molar-refractivity contribution in [3.05, 3.63) is 152 Å². The van der Waals surface area contributed by atoms with Gasteiger partial charge in [-0.2, -0.15) is 13.2 Å². The van der Waals surface area contributed by atoms with E-state index in [2.05, 4.69) is 275 Å². The van der Waals surface area contributed by atoms with Gasteiger partial charge < -0.3 is 0 Å². The predicted octanol–water partition coefficient (Wildman–Crippen LogP) is 19.4. The molecule has 0 unspecified atom stereocenters. The predicted molar refractivity (Wildman–Crippen MR) is 292 cm³/mol. The molecular weight excluding hydrogens is 859 g/mol. The van der Waals surface area contributed by atoms with Crippen molar-refractivity contribution >= 4 is 11.6 Å². The van der Waals surface area contributed by atoms with E-state index >= 15 is 0 Å². The lowest BCUT2D eigenvalue weighted by molar-refractivity contribution is -0.445. The molecule has 67 heavy (non-hydrogen) atoms. The van der Waals surface area contributed by atoms with Crippen LogP contribution in [0.3, 0.4) is 0 Å². The summed E-state index contributed by atoms with van der Waals surface area (Å²) in [6, 6.07) is 35.1. The molecule has 0 amide bonds. The van der Waals surface area contributed by atoms with Gasteiger partial charge in [-0.15, -0.1) is 11.6 Å². The van der Waals surface area contributed by atoms with Crippen LogP contribution in [0.5, 0.6) is 0 Å². The fraction of sp³-hybridized carbons (Fsp3) is 0.600. The average molecular weight is 957 g/mol. The Hall–Kier alpha value is -3.64. The quantitative estimate of drug-likeness (QED) is 0.100. The molecule has 382 valence electrons. The molecule has 0 aliphatic carbocycles. The number of halogens is 4. The summed E-state index contributed by atoms with van der Waals surface area (Å²) in [5.74, 6) is 0. The molecule has 0 radical (unpaired) electrons. The van der Waals surface area contributed by atoms with Crippen LogP contribution in [0.15, 0.2) is 97.1 Å². The topological polar surface area (TPSA) is 43.1 Å². The van der Waals surface area contributed by atoms with Gasteiger partial charge in [0.25, 0.3) is 0 Å². The number of benzene rings is 4. The molecule has 0 spiro atoms. The molecule has 0 fully saturated rings. The Bertz CT molecular complexity index is 1600. The summed E-state index contributed by atoms with van der Waals surface area (Å²) in [6.07, 6.45) is -2.53. The summed E-state index contributed by atoms with van der Waals surface area (Å²) in [5.41, 5.74) is 13.6. The van der Waals surface area contributed by atoms with Crippen molar-refractivity contribution in [2.24, 2.45) is 0 Å². The first-order chi connectivity index (χ1) is 29.6. The minimum Gasteiger partial charge on any atom is -0.265 e. The lowest BCUT2D eigenvalue weighted by atomic mass is 9.75. The van der Waals surface area contributed by atoms with E-state index in [4.69, 9.17) is 10.1 Å². The van der Waals surface area contributed by atoms with E-state index in [9.17, 15) is 13.2 Å². The number of hydrogen-bond donors (Lipinski definition) is 0. The molecule has 0 aliphatic rings. The Balaban J connectivity index is -0.000000758. The molecule has 0 bridgehead atoms. The summed E-state index contributed by atoms with van der Waals surface area (Å²) in [6.45, 7) is 54.8. The highest BCUT2D eigenvalue weighted by Crippen LogP contribution is 2.36. The Morgan fingerprint density at radius 2 is 0.373 bits per heavy atom. The molecule has 4 rings (SSSR count). The maximum Gasteiger partial charge on any atom is 0.386 e. The molecule has 0 aliphatic heterocycles. The number of nitro groups is 1. The van der Waals surface area contributed by atoms with Gasteiger partial charge in [-0.25, -0.2) is 0 Å². The Kier molecular flexibility index (Phi) is 27.2. The fourth-order valence-electron chi connectivity index (χ4n) is 7.16. The minimum atomic E-state index is -4.00. The van der Waals surface area contributed by atoms with Crippen molar-refractivity contribution in [1.82, 2.24) is 0 Å². The van der Waals surface area contributed by atoms with Gasteiger partial charge in [-0.3, -0.25) is 10.1 Å². The average Bonchev–Trinajstić information content (AvgIpc) is 3.13. The number of nitrogens with zero attached hydrogens (tertiary/aromatic N) is 1. The molecule has 4 aromatic carbocycles. The zero-order valence-electron chi connectivity index (χ0n) is 47.5. The lowest BCUT2D eigenvalue weighted by Gasteiger charge is -2.29. The number of rotatable bonds is 0. The monoisotopic (exact) mass is 956 g/mol. The van der Waals surface area contributed by atoms with Crippen LogP contribution in [-0.2, 0) is 43.3 Å². The Morgan fingerprint density at radius 3 is 0.418 bits per heavy atom. The molecule has 0 atom stereocenters. The second kappa shape index (κ2) is 26.9. The van der Waals surface area contributed by atoms with E-state index in [0.29, 0.717) is 0 Å². The molecule has 0 saturated heterocycles. The summed E-state index contributed by atoms with van der Waals surface area (Å²) in [4.78, 5) is 8.31. The van der Waals surface area contributed by atoms with Crippen LogP contribution in [0.1, 0.15) is 218 Å². The largest absolute Gasteiger partial charge is 0.386 e. The first-order valence-electron chi connectivity index (χ1n) is 23.6. The van der Waals surface area contributed by atoms with Gasteiger partial charge in [0.1, 0.15) is 0 Å². The van der Waals surface area contributed by atoms with E-state index in [1.807, 2.05) is 0 Å². The lowest BCUT2D eigenvalue weighted by Crippen LogP contribution is -2.21. The highest BCUT2D eigenvalue weighted by molar-refractivity contribution is 6.15. The molecule has 3 nitrogen and oxygen atoms in total. The van der Waals surface area contributed by atoms with Crippen molar-refractivity contribution in [3.8, 4) is 0 Å². The van der Waals surface area contributed by atoms with Gasteiger partial charge in [-0.05, 0) is 87.8 Å². The van der Waals surface area contributed by atoms with Gasteiger partial charge in [-0.1, -0.05) is 263 Å². The smallest absolute Gasteiger partial charge is 0.265 e. The minimum absolute atomic E-state index is 0.188. The third-order valence-electron chi connectivity index (χ3n) is 10.2. The maximum absolute atomic E-state index is 10.4. The summed E-state index contributed by atoms with van der Waals surface area (Å²) >= 11 is 4.64. The van der Waals surface area contributed by atoms with Crippen molar-refractivity contribution in [2.45, 2.75) is 223 Å². The molecule has 0 heterocycles. The van der Waals surface area contributed by atoms with Crippen molar-refractivity contribution in [3.63, 3.8) is 0 Å². The highest BCUT2D eigenvalue weighted by atomic mass is 35.5. The van der Waals surface area contributed by atoms with Crippen LogP contribution in [0.4, 0.5) is 13.2 Å². The normalized spacial score (nSPS) is 12.2. The SMILES string of the molecule is CC(C)(C)c1ccccc1C(C)(C)C.CC(C)(C)c1ccccc1C(C)(C)C.CC(C)(C)c1ccccc1C(C)(C)C.CC(C)(C)c1ccccc1C(C)(C)C.CC(F)(F)F.CCl.C[N+](=O)[O-]. The summed E-state index contributed by atoms with van der Waals surface area (Å²) < 4.78 is 31.1. The third-order valence-corrected chi connectivity index (χ3v) is 10.2. The van der Waals surface area contributed by atoms with Crippen molar-refractivity contribution in [2.75, 3.05) is 13.4 Å². The zero-order chi connectivity index (χ0) is 54.0. The van der Waals surface area contributed by atoms with Gasteiger partial charge in [0.2, 0.25) is 0 Å². The third kappa shape index (κ3) is 29.1. The van der Waals surface area contributed by atoms with Gasteiger partial charge in [0, 0.05) is 18.2 Å². The van der Waals surface area contributed by atoms with Crippen LogP contribution >= 0.6 is 11.6 Å². The number of hydrogen-bond acceptors (Lipinski definition) is 2. The fourth-order valence-corrected chi connectivity index (χ4v) is 7.16. The molecular formula is C60H97ClF3NO2. The molecule has 0 aromatic heterocycles. The van der Waals surface area contributed by atoms with Crippen LogP contribution in [0.2, 0.25) is 0 Å². The van der Waals surface area contributed by atoms with Crippen molar-refractivity contribution < 1.29 is 18.1 Å². The van der Waals surface area contributed by atoms with Crippen LogP contribution in [0, 0.1) is 10.1 Å². The van der Waals surface area contributed by atoms with Gasteiger partial charge in [0.05, 0.1) is 0 Å². The molecule has 7 heteroatoms. The van der Waals surface area contributed by atoms with E-state index in [0.717, 1.165) is 7.05 Å². The second-order valence-electron chi connectivity index (χ2n) is 25.4.